The zero-order chi connectivity index (χ0) is 12.1. The average molecular weight is 226 g/mol. The maximum Gasteiger partial charge on any atom is 0.0403 e. The molecule has 0 aromatic heterocycles. The lowest BCUT2D eigenvalue weighted by molar-refractivity contribution is 1.04. The van der Waals surface area contributed by atoms with Gasteiger partial charge in [-0.25, -0.2) is 0 Å². The second kappa shape index (κ2) is 5.39. The number of nitrogens with one attached hydrogen (secondary N) is 1. The van der Waals surface area contributed by atoms with Crippen LogP contribution >= 0.6 is 0 Å². The molecular formula is C15H18N2. The van der Waals surface area contributed by atoms with Gasteiger partial charge < -0.3 is 11.1 Å². The topological polar surface area (TPSA) is 38.0 Å². The van der Waals surface area contributed by atoms with E-state index in [1.54, 1.807) is 0 Å². The number of rotatable bonds is 4. The van der Waals surface area contributed by atoms with Gasteiger partial charge in [-0.05, 0) is 41.8 Å². The monoisotopic (exact) mass is 226 g/mol. The molecule has 0 spiro atoms. The molecule has 2 nitrogen and oxygen atoms in total. The lowest BCUT2D eigenvalue weighted by Gasteiger charge is -2.10. The molecule has 0 saturated carbocycles. The van der Waals surface area contributed by atoms with E-state index in [-0.39, 0.29) is 0 Å². The highest BCUT2D eigenvalue weighted by Gasteiger charge is 1.99. The Balaban J connectivity index is 2.04. The van der Waals surface area contributed by atoms with Crippen molar-refractivity contribution in [3.63, 3.8) is 0 Å². The minimum absolute atomic E-state index is 0.796. The van der Waals surface area contributed by atoms with Crippen molar-refractivity contribution in [2.24, 2.45) is 0 Å². The van der Waals surface area contributed by atoms with Gasteiger partial charge in [0.05, 0.1) is 0 Å². The Kier molecular flexibility index (Phi) is 3.66. The summed E-state index contributed by atoms with van der Waals surface area (Å²) in [4.78, 5) is 0. The smallest absolute Gasteiger partial charge is 0.0403 e. The summed E-state index contributed by atoms with van der Waals surface area (Å²) in [7, 11) is 0. The van der Waals surface area contributed by atoms with E-state index in [0.717, 1.165) is 24.3 Å². The van der Waals surface area contributed by atoms with Crippen LogP contribution in [0.5, 0.6) is 0 Å². The lowest BCUT2D eigenvalue weighted by atomic mass is 10.1. The first-order chi connectivity index (χ1) is 8.29. The van der Waals surface area contributed by atoms with Gasteiger partial charge in [0, 0.05) is 17.9 Å². The van der Waals surface area contributed by atoms with Crippen LogP contribution in [0.4, 0.5) is 11.4 Å². The zero-order valence-corrected chi connectivity index (χ0v) is 10.1. The maximum atomic E-state index is 5.65. The molecule has 3 N–H and O–H groups in total. The summed E-state index contributed by atoms with van der Waals surface area (Å²) in [5.74, 6) is 0. The summed E-state index contributed by atoms with van der Waals surface area (Å²) in [5.41, 5.74) is 10.3. The molecule has 0 heterocycles. The number of hydrogen-bond donors (Lipinski definition) is 2. The molecular weight excluding hydrogens is 208 g/mol. The van der Waals surface area contributed by atoms with Gasteiger partial charge in [0.15, 0.2) is 0 Å². The fraction of sp³-hybridized carbons (Fsp3) is 0.200. The third-order valence-electron chi connectivity index (χ3n) is 2.89. The van der Waals surface area contributed by atoms with Crippen molar-refractivity contribution in [2.75, 3.05) is 11.1 Å². The number of nitrogens with two attached hydrogens (primary N) is 1. The largest absolute Gasteiger partial charge is 0.399 e. The van der Waals surface area contributed by atoms with Crippen LogP contribution in [-0.2, 0) is 13.0 Å². The van der Waals surface area contributed by atoms with Crippen molar-refractivity contribution in [1.82, 2.24) is 0 Å². The Labute approximate surface area is 102 Å². The van der Waals surface area contributed by atoms with Crippen LogP contribution < -0.4 is 11.1 Å². The molecule has 2 aromatic carbocycles. The minimum atomic E-state index is 0.796. The van der Waals surface area contributed by atoms with E-state index in [4.69, 9.17) is 5.73 Å². The van der Waals surface area contributed by atoms with Gasteiger partial charge in [0.1, 0.15) is 0 Å². The number of aryl methyl sites for hydroxylation is 1. The molecule has 0 saturated heterocycles. The number of anilines is 2. The van der Waals surface area contributed by atoms with Crippen LogP contribution in [0.3, 0.4) is 0 Å². The Morgan fingerprint density at radius 3 is 2.24 bits per heavy atom. The van der Waals surface area contributed by atoms with E-state index in [1.807, 2.05) is 24.3 Å². The van der Waals surface area contributed by atoms with Crippen LogP contribution in [0.15, 0.2) is 48.5 Å². The van der Waals surface area contributed by atoms with E-state index in [0.29, 0.717) is 0 Å². The van der Waals surface area contributed by atoms with Gasteiger partial charge in [0.25, 0.3) is 0 Å². The first-order valence-electron chi connectivity index (χ1n) is 5.96. The van der Waals surface area contributed by atoms with E-state index >= 15 is 0 Å². The summed E-state index contributed by atoms with van der Waals surface area (Å²) < 4.78 is 0. The summed E-state index contributed by atoms with van der Waals surface area (Å²) in [6.07, 6.45) is 1.07. The molecule has 2 heteroatoms. The predicted octanol–water partition coefficient (Wildman–Crippen LogP) is 3.44. The van der Waals surface area contributed by atoms with Crippen LogP contribution in [0.2, 0.25) is 0 Å². The molecule has 0 aliphatic carbocycles. The first kappa shape index (κ1) is 11.5. The van der Waals surface area contributed by atoms with E-state index in [1.165, 1.54) is 11.1 Å². The highest BCUT2D eigenvalue weighted by Crippen LogP contribution is 2.14. The van der Waals surface area contributed by atoms with Gasteiger partial charge in [-0.1, -0.05) is 31.2 Å². The molecule has 17 heavy (non-hydrogen) atoms. The molecule has 0 amide bonds. The van der Waals surface area contributed by atoms with Gasteiger partial charge in [-0.15, -0.1) is 0 Å². The van der Waals surface area contributed by atoms with E-state index in [2.05, 4.69) is 36.5 Å². The second-order valence-corrected chi connectivity index (χ2v) is 4.10. The first-order valence-corrected chi connectivity index (χ1v) is 5.96. The zero-order valence-electron chi connectivity index (χ0n) is 10.1. The number of hydrogen-bond acceptors (Lipinski definition) is 2. The van der Waals surface area contributed by atoms with Crippen molar-refractivity contribution in [2.45, 2.75) is 19.9 Å². The molecule has 0 aliphatic heterocycles. The van der Waals surface area contributed by atoms with Gasteiger partial charge in [-0.2, -0.15) is 0 Å². The molecule has 88 valence electrons. The Hall–Kier alpha value is -1.96. The minimum Gasteiger partial charge on any atom is -0.399 e. The predicted molar refractivity (Wildman–Crippen MR) is 74.0 cm³/mol. The highest BCUT2D eigenvalue weighted by molar-refractivity contribution is 5.51. The van der Waals surface area contributed by atoms with Crippen molar-refractivity contribution in [3.05, 3.63) is 59.7 Å². The van der Waals surface area contributed by atoms with Crippen molar-refractivity contribution < 1.29 is 0 Å². The van der Waals surface area contributed by atoms with Gasteiger partial charge in [-0.3, -0.25) is 0 Å². The summed E-state index contributed by atoms with van der Waals surface area (Å²) >= 11 is 0. The standard InChI is InChI=1S/C15H18N2/c1-2-12-5-3-4-6-13(12)11-17-15-9-7-14(16)8-10-15/h3-10,17H,2,11,16H2,1H3. The van der Waals surface area contributed by atoms with Crippen LogP contribution in [-0.4, -0.2) is 0 Å². The maximum absolute atomic E-state index is 5.65. The van der Waals surface area contributed by atoms with Crippen LogP contribution in [0, 0.1) is 0 Å². The molecule has 2 aromatic rings. The highest BCUT2D eigenvalue weighted by atomic mass is 14.9. The molecule has 0 fully saturated rings. The second-order valence-electron chi connectivity index (χ2n) is 4.10. The molecule has 0 aliphatic rings. The van der Waals surface area contributed by atoms with Crippen molar-refractivity contribution in [3.8, 4) is 0 Å². The fourth-order valence-electron chi connectivity index (χ4n) is 1.87. The summed E-state index contributed by atoms with van der Waals surface area (Å²) in [5, 5.41) is 3.41. The third kappa shape index (κ3) is 3.00. The van der Waals surface area contributed by atoms with Crippen molar-refractivity contribution in [1.29, 1.82) is 0 Å². The Morgan fingerprint density at radius 2 is 1.59 bits per heavy atom. The van der Waals surface area contributed by atoms with Gasteiger partial charge >= 0.3 is 0 Å². The van der Waals surface area contributed by atoms with Crippen LogP contribution in [0.1, 0.15) is 18.1 Å². The average Bonchev–Trinajstić information content (AvgIpc) is 2.38. The number of nitrogen functional groups attached to an aromatic ring is 1. The van der Waals surface area contributed by atoms with Gasteiger partial charge in [0.2, 0.25) is 0 Å². The summed E-state index contributed by atoms with van der Waals surface area (Å²) in [6, 6.07) is 16.4. The fourth-order valence-corrected chi connectivity index (χ4v) is 1.87. The normalized spacial score (nSPS) is 10.2. The molecule has 2 rings (SSSR count). The van der Waals surface area contributed by atoms with Crippen LogP contribution in [0.25, 0.3) is 0 Å². The molecule has 0 radical (unpaired) electrons. The molecule has 0 bridgehead atoms. The Morgan fingerprint density at radius 1 is 0.941 bits per heavy atom. The summed E-state index contributed by atoms with van der Waals surface area (Å²) in [6.45, 7) is 3.04. The lowest BCUT2D eigenvalue weighted by Crippen LogP contribution is -2.02. The number of benzene rings is 2. The van der Waals surface area contributed by atoms with E-state index in [9.17, 15) is 0 Å². The molecule has 0 atom stereocenters. The quantitative estimate of drug-likeness (QED) is 0.784. The van der Waals surface area contributed by atoms with E-state index < -0.39 is 0 Å². The SMILES string of the molecule is CCc1ccccc1CNc1ccc(N)cc1. The Bertz CT molecular complexity index is 475. The molecule has 0 unspecified atom stereocenters. The van der Waals surface area contributed by atoms with Crippen molar-refractivity contribution >= 4 is 11.4 Å². The third-order valence-corrected chi connectivity index (χ3v) is 2.89.